The van der Waals surface area contributed by atoms with Gasteiger partial charge in [0.05, 0.1) is 0 Å². The molecule has 0 heterocycles. The molecule has 1 rings (SSSR count). The van der Waals surface area contributed by atoms with Crippen LogP contribution >= 0.6 is 11.6 Å². The Hall–Kier alpha value is 0.510. The van der Waals surface area contributed by atoms with E-state index in [0.717, 1.165) is 5.02 Å². The number of benzene rings is 1. The van der Waals surface area contributed by atoms with Gasteiger partial charge in [-0.3, -0.25) is 0 Å². The fourth-order valence-electron chi connectivity index (χ4n) is 0.415. The zero-order chi connectivity index (χ0) is 5.11. The Balaban J connectivity index is 0. The first kappa shape index (κ1) is 8.51. The van der Waals surface area contributed by atoms with E-state index in [9.17, 15) is 0 Å². The van der Waals surface area contributed by atoms with Crippen LogP contribution in [0.3, 0.4) is 0 Å². The molecule has 0 atom stereocenters. The Morgan fingerprint density at radius 2 is 1.62 bits per heavy atom. The van der Waals surface area contributed by atoms with Gasteiger partial charge in [0.25, 0.3) is 0 Å². The molecule has 0 aliphatic rings. The van der Waals surface area contributed by atoms with Crippen molar-refractivity contribution >= 4 is 11.6 Å². The van der Waals surface area contributed by atoms with Crippen LogP contribution in [-0.2, 0) is 0 Å². The van der Waals surface area contributed by atoms with E-state index >= 15 is 0 Å². The van der Waals surface area contributed by atoms with E-state index < -0.39 is 0 Å². The smallest absolute Gasteiger partial charge is 1.00 e. The van der Waals surface area contributed by atoms with Crippen molar-refractivity contribution in [3.63, 3.8) is 0 Å². The van der Waals surface area contributed by atoms with Crippen LogP contribution in [0.25, 0.3) is 0 Å². The molecule has 0 bridgehead atoms. The van der Waals surface area contributed by atoms with Crippen molar-refractivity contribution in [1.29, 1.82) is 0 Å². The van der Waals surface area contributed by atoms with Crippen molar-refractivity contribution in [1.82, 2.24) is 0 Å². The number of hydrogen-bond acceptors (Lipinski definition) is 0. The molecule has 0 fully saturated rings. The summed E-state index contributed by atoms with van der Waals surface area (Å²) >= 11 is 5.54. The summed E-state index contributed by atoms with van der Waals surface area (Å²) in [5, 5.41) is 0.794. The van der Waals surface area contributed by atoms with Crippen molar-refractivity contribution in [2.45, 2.75) is 0 Å². The van der Waals surface area contributed by atoms with Gasteiger partial charge in [0, 0.05) is 5.02 Å². The van der Waals surface area contributed by atoms with Gasteiger partial charge in [0.15, 0.2) is 0 Å². The molecular weight excluding hydrogens is 131 g/mol. The minimum Gasteiger partial charge on any atom is -1.00 e. The second-order valence-corrected chi connectivity index (χ2v) is 1.73. The van der Waals surface area contributed by atoms with Crippen molar-refractivity contribution in [2.24, 2.45) is 0 Å². The summed E-state index contributed by atoms with van der Waals surface area (Å²) in [4.78, 5) is 0. The molecule has 0 N–H and O–H groups in total. The van der Waals surface area contributed by atoms with Crippen molar-refractivity contribution in [2.75, 3.05) is 0 Å². The summed E-state index contributed by atoms with van der Waals surface area (Å²) in [5.41, 5.74) is 0. The van der Waals surface area contributed by atoms with Crippen LogP contribution in [0.1, 0.15) is 1.43 Å². The number of halogens is 1. The molecule has 0 nitrogen and oxygen atoms in total. The Morgan fingerprint density at radius 1 is 1.12 bits per heavy atom. The molecule has 1 aromatic rings. The Kier molecular flexibility index (Phi) is 4.68. The first-order valence-corrected chi connectivity index (χ1v) is 2.48. The Labute approximate surface area is 77.6 Å². The zero-order valence-electron chi connectivity index (χ0n) is 5.76. The van der Waals surface area contributed by atoms with E-state index in [4.69, 9.17) is 11.6 Å². The van der Waals surface area contributed by atoms with E-state index in [1.807, 2.05) is 30.3 Å². The molecule has 0 saturated heterocycles. The van der Waals surface area contributed by atoms with Crippen molar-refractivity contribution in [3.05, 3.63) is 35.4 Å². The van der Waals surface area contributed by atoms with Crippen molar-refractivity contribution in [3.8, 4) is 0 Å². The molecule has 38 valence electrons. The summed E-state index contributed by atoms with van der Waals surface area (Å²) < 4.78 is 0. The standard InChI is InChI=1S/C6H5Cl.Na.H/c7-6-4-2-1-3-5-6;;/h1-5H;;/q;+1;-1. The van der Waals surface area contributed by atoms with Crippen molar-refractivity contribution < 1.29 is 31.0 Å². The largest absolute Gasteiger partial charge is 1.00 e. The third kappa shape index (κ3) is 2.73. The fourth-order valence-corrected chi connectivity index (χ4v) is 0.560. The monoisotopic (exact) mass is 136 g/mol. The Bertz CT molecular complexity index is 143. The minimum atomic E-state index is 0. The molecule has 1 aromatic carbocycles. The average Bonchev–Trinajstić information content (AvgIpc) is 1.69. The molecule has 0 aliphatic carbocycles. The van der Waals surface area contributed by atoms with Crippen LogP contribution in [0.4, 0.5) is 0 Å². The van der Waals surface area contributed by atoms with Gasteiger partial charge in [-0.2, -0.15) is 0 Å². The van der Waals surface area contributed by atoms with Crippen LogP contribution in [-0.4, -0.2) is 0 Å². The molecule has 2 heteroatoms. The number of hydrogen-bond donors (Lipinski definition) is 0. The zero-order valence-corrected chi connectivity index (χ0v) is 7.52. The molecule has 0 saturated carbocycles. The van der Waals surface area contributed by atoms with E-state index in [1.54, 1.807) is 0 Å². The van der Waals surface area contributed by atoms with Gasteiger partial charge >= 0.3 is 29.6 Å². The first-order valence-electron chi connectivity index (χ1n) is 2.10. The van der Waals surface area contributed by atoms with Gasteiger partial charge in [-0.05, 0) is 12.1 Å². The number of rotatable bonds is 0. The van der Waals surface area contributed by atoms with Gasteiger partial charge in [-0.1, -0.05) is 29.8 Å². The molecule has 0 spiro atoms. The van der Waals surface area contributed by atoms with E-state index in [1.165, 1.54) is 0 Å². The van der Waals surface area contributed by atoms with Crippen LogP contribution in [0.5, 0.6) is 0 Å². The summed E-state index contributed by atoms with van der Waals surface area (Å²) in [6.07, 6.45) is 0. The maximum atomic E-state index is 5.54. The molecular formula is C6H6ClNa. The van der Waals surface area contributed by atoms with Gasteiger partial charge in [-0.15, -0.1) is 0 Å². The topological polar surface area (TPSA) is 0 Å². The maximum absolute atomic E-state index is 5.54. The molecule has 0 aromatic heterocycles. The minimum absolute atomic E-state index is 0. The molecule has 0 aliphatic heterocycles. The third-order valence-corrected chi connectivity index (χ3v) is 0.985. The predicted octanol–water partition coefficient (Wildman–Crippen LogP) is -0.544. The molecule has 0 radical (unpaired) electrons. The molecule has 0 unspecified atom stereocenters. The normalized spacial score (nSPS) is 7.62. The summed E-state index contributed by atoms with van der Waals surface area (Å²) in [6.45, 7) is 0. The van der Waals surface area contributed by atoms with E-state index in [-0.39, 0.29) is 31.0 Å². The maximum Gasteiger partial charge on any atom is 1.00 e. The van der Waals surface area contributed by atoms with E-state index in [2.05, 4.69) is 0 Å². The third-order valence-electron chi connectivity index (χ3n) is 0.733. The summed E-state index contributed by atoms with van der Waals surface area (Å²) in [5.74, 6) is 0. The average molecular weight is 137 g/mol. The first-order chi connectivity index (χ1) is 3.39. The predicted molar refractivity (Wildman–Crippen MR) is 32.6 cm³/mol. The second kappa shape index (κ2) is 4.39. The van der Waals surface area contributed by atoms with Gasteiger partial charge in [-0.25, -0.2) is 0 Å². The van der Waals surface area contributed by atoms with Crippen LogP contribution in [0, 0.1) is 0 Å². The SMILES string of the molecule is Clc1ccccc1.[H-].[Na+]. The molecule has 8 heavy (non-hydrogen) atoms. The van der Waals surface area contributed by atoms with Crippen LogP contribution in [0.2, 0.25) is 5.02 Å². The van der Waals surface area contributed by atoms with E-state index in [0.29, 0.717) is 0 Å². The quantitative estimate of drug-likeness (QED) is 0.420. The Morgan fingerprint density at radius 3 is 1.88 bits per heavy atom. The summed E-state index contributed by atoms with van der Waals surface area (Å²) in [6, 6.07) is 9.44. The van der Waals surface area contributed by atoms with Gasteiger partial charge < -0.3 is 1.43 Å². The fraction of sp³-hybridized carbons (Fsp3) is 0. The van der Waals surface area contributed by atoms with Gasteiger partial charge in [0.1, 0.15) is 0 Å². The van der Waals surface area contributed by atoms with Crippen LogP contribution in [0.15, 0.2) is 30.3 Å². The molecule has 0 amide bonds. The van der Waals surface area contributed by atoms with Gasteiger partial charge in [0.2, 0.25) is 0 Å². The van der Waals surface area contributed by atoms with Crippen LogP contribution < -0.4 is 29.6 Å². The summed E-state index contributed by atoms with van der Waals surface area (Å²) in [7, 11) is 0. The second-order valence-electron chi connectivity index (χ2n) is 1.30.